The summed E-state index contributed by atoms with van der Waals surface area (Å²) in [6.07, 6.45) is 8.38. The molecule has 0 unspecified atom stereocenters. The quantitative estimate of drug-likeness (QED) is 0.218. The number of hydrogen-bond acceptors (Lipinski definition) is 3. The molecule has 1 aliphatic carbocycles. The van der Waals surface area contributed by atoms with Gasteiger partial charge in [-0.25, -0.2) is 0 Å². The Balaban J connectivity index is 0.00000320. The first-order chi connectivity index (χ1) is 14.2. The molecule has 0 amide bonds. The van der Waals surface area contributed by atoms with Gasteiger partial charge in [-0.15, -0.1) is 24.0 Å². The first-order valence-electron chi connectivity index (χ1n) is 11.0. The van der Waals surface area contributed by atoms with Crippen LogP contribution in [-0.4, -0.2) is 64.0 Å². The number of aliphatic imine (C=N–C) groups is 1. The molecule has 7 heteroatoms. The number of ether oxygens (including phenoxy) is 2. The maximum atomic E-state index is 6.29. The Labute approximate surface area is 204 Å². The molecule has 5 nitrogen and oxygen atoms in total. The summed E-state index contributed by atoms with van der Waals surface area (Å²) in [5, 5.41) is 4.51. The molecule has 1 aromatic rings. The summed E-state index contributed by atoms with van der Waals surface area (Å²) in [6.45, 7) is 4.43. The topological polar surface area (TPSA) is 46.1 Å². The van der Waals surface area contributed by atoms with Gasteiger partial charge in [0.05, 0.1) is 6.10 Å². The van der Waals surface area contributed by atoms with Crippen molar-refractivity contribution in [1.29, 1.82) is 0 Å². The molecule has 1 saturated carbocycles. The van der Waals surface area contributed by atoms with Crippen LogP contribution in [0.15, 0.2) is 29.3 Å². The van der Waals surface area contributed by atoms with E-state index in [1.807, 2.05) is 13.1 Å². The summed E-state index contributed by atoms with van der Waals surface area (Å²) in [5.74, 6) is 1.01. The monoisotopic (exact) mass is 549 g/mol. The van der Waals surface area contributed by atoms with Crippen LogP contribution >= 0.6 is 35.6 Å². The van der Waals surface area contributed by atoms with Crippen LogP contribution in [0.4, 0.5) is 0 Å². The number of benzene rings is 1. The molecular weight excluding hydrogens is 513 g/mol. The molecule has 2 fully saturated rings. The van der Waals surface area contributed by atoms with E-state index in [2.05, 4.69) is 33.4 Å². The Morgan fingerprint density at radius 3 is 2.60 bits per heavy atom. The third kappa shape index (κ3) is 6.97. The third-order valence-corrected chi connectivity index (χ3v) is 6.62. The average Bonchev–Trinajstić information content (AvgIpc) is 3.23. The van der Waals surface area contributed by atoms with E-state index in [0.29, 0.717) is 6.10 Å². The van der Waals surface area contributed by atoms with E-state index in [1.54, 1.807) is 7.11 Å². The number of methoxy groups -OCH3 is 1. The van der Waals surface area contributed by atoms with Gasteiger partial charge in [0.2, 0.25) is 0 Å². The van der Waals surface area contributed by atoms with Crippen LogP contribution < -0.4 is 5.32 Å². The van der Waals surface area contributed by atoms with Crippen molar-refractivity contribution in [1.82, 2.24) is 10.2 Å². The first-order valence-corrected chi connectivity index (χ1v) is 11.4. The molecular formula is C23H37ClIN3O2. The van der Waals surface area contributed by atoms with Crippen LogP contribution in [0, 0.1) is 0 Å². The van der Waals surface area contributed by atoms with Crippen molar-refractivity contribution in [3.8, 4) is 0 Å². The molecule has 1 saturated heterocycles. The number of nitrogens with zero attached hydrogens (tertiary/aromatic N) is 2. The van der Waals surface area contributed by atoms with Crippen molar-refractivity contribution in [2.24, 2.45) is 4.99 Å². The van der Waals surface area contributed by atoms with Crippen LogP contribution in [0.25, 0.3) is 0 Å². The summed E-state index contributed by atoms with van der Waals surface area (Å²) in [4.78, 5) is 6.95. The average molecular weight is 550 g/mol. The predicted octanol–water partition coefficient (Wildman–Crippen LogP) is 4.86. The van der Waals surface area contributed by atoms with Gasteiger partial charge in [-0.2, -0.15) is 0 Å². The van der Waals surface area contributed by atoms with E-state index in [-0.39, 0.29) is 29.4 Å². The number of halogens is 2. The molecule has 0 radical (unpaired) electrons. The number of likely N-dealkylation sites (tertiary alicyclic amines) is 1. The Kier molecular flexibility index (Phi) is 11.2. The molecule has 3 rings (SSSR count). The zero-order valence-electron chi connectivity index (χ0n) is 18.4. The molecule has 0 aromatic heterocycles. The van der Waals surface area contributed by atoms with Crippen molar-refractivity contribution in [3.63, 3.8) is 0 Å². The highest BCUT2D eigenvalue weighted by Crippen LogP contribution is 2.41. The van der Waals surface area contributed by atoms with E-state index in [4.69, 9.17) is 21.1 Å². The van der Waals surface area contributed by atoms with E-state index < -0.39 is 0 Å². The van der Waals surface area contributed by atoms with Crippen molar-refractivity contribution < 1.29 is 9.47 Å². The number of nitrogens with one attached hydrogen (secondary N) is 1. The predicted molar refractivity (Wildman–Crippen MR) is 135 cm³/mol. The van der Waals surface area contributed by atoms with Crippen LogP contribution in [0.2, 0.25) is 5.02 Å². The highest BCUT2D eigenvalue weighted by molar-refractivity contribution is 14.0. The highest BCUT2D eigenvalue weighted by Gasteiger charge is 2.36. The number of hydrogen-bond donors (Lipinski definition) is 1. The first kappa shape index (κ1) is 25.7. The van der Waals surface area contributed by atoms with Crippen molar-refractivity contribution in [2.75, 3.05) is 47.0 Å². The minimum Gasteiger partial charge on any atom is -0.385 e. The van der Waals surface area contributed by atoms with E-state index in [9.17, 15) is 0 Å². The molecule has 0 spiro atoms. The molecule has 0 atom stereocenters. The second-order valence-electron chi connectivity index (χ2n) is 8.30. The Bertz CT molecular complexity index is 660. The minimum atomic E-state index is 0. The zero-order valence-corrected chi connectivity index (χ0v) is 21.5. The lowest BCUT2D eigenvalue weighted by atomic mass is 9.79. The van der Waals surface area contributed by atoms with Crippen molar-refractivity contribution >= 4 is 41.5 Å². The van der Waals surface area contributed by atoms with E-state index >= 15 is 0 Å². The van der Waals surface area contributed by atoms with E-state index in [1.165, 1.54) is 31.2 Å². The molecule has 1 heterocycles. The van der Waals surface area contributed by atoms with Gasteiger partial charge in [0, 0.05) is 57.4 Å². The van der Waals surface area contributed by atoms with Crippen LogP contribution in [0.1, 0.15) is 50.5 Å². The summed E-state index contributed by atoms with van der Waals surface area (Å²) in [5.41, 5.74) is 1.51. The van der Waals surface area contributed by atoms with Gasteiger partial charge in [0.1, 0.15) is 0 Å². The fourth-order valence-corrected chi connectivity index (χ4v) is 4.90. The summed E-state index contributed by atoms with van der Waals surface area (Å²) in [6, 6.07) is 8.41. The van der Waals surface area contributed by atoms with Gasteiger partial charge in [-0.3, -0.25) is 4.99 Å². The van der Waals surface area contributed by atoms with Crippen LogP contribution in [-0.2, 0) is 14.9 Å². The number of guanidine groups is 1. The lowest BCUT2D eigenvalue weighted by molar-refractivity contribution is 0.00987. The molecule has 30 heavy (non-hydrogen) atoms. The van der Waals surface area contributed by atoms with Crippen LogP contribution in [0.3, 0.4) is 0 Å². The summed E-state index contributed by atoms with van der Waals surface area (Å²) in [7, 11) is 3.62. The Morgan fingerprint density at radius 1 is 1.23 bits per heavy atom. The van der Waals surface area contributed by atoms with Gasteiger partial charge < -0.3 is 19.7 Å². The van der Waals surface area contributed by atoms with Gasteiger partial charge in [0.15, 0.2) is 5.96 Å². The standard InChI is InChI=1S/C23H36ClN3O2.HI/c1-25-22(27-13-9-21(10-14-27)29-16-6-15-28-2)26-18-23(11-3-4-12-23)19-7-5-8-20(24)17-19;/h5,7-8,17,21H,3-4,6,9-16,18H2,1-2H3,(H,25,26);1H. The van der Waals surface area contributed by atoms with Crippen molar-refractivity contribution in [3.05, 3.63) is 34.9 Å². The molecule has 1 aromatic carbocycles. The summed E-state index contributed by atoms with van der Waals surface area (Å²) < 4.78 is 11.1. The Morgan fingerprint density at radius 2 is 1.97 bits per heavy atom. The molecule has 1 N–H and O–H groups in total. The van der Waals surface area contributed by atoms with Crippen molar-refractivity contribution in [2.45, 2.75) is 56.5 Å². The molecule has 1 aliphatic heterocycles. The fraction of sp³-hybridized carbons (Fsp3) is 0.696. The van der Waals surface area contributed by atoms with Gasteiger partial charge in [-0.1, -0.05) is 36.6 Å². The third-order valence-electron chi connectivity index (χ3n) is 6.38. The van der Waals surface area contributed by atoms with Gasteiger partial charge in [-0.05, 0) is 49.8 Å². The summed E-state index contributed by atoms with van der Waals surface area (Å²) >= 11 is 6.29. The molecule has 170 valence electrons. The van der Waals surface area contributed by atoms with Gasteiger partial charge in [0.25, 0.3) is 0 Å². The highest BCUT2D eigenvalue weighted by atomic mass is 127. The van der Waals surface area contributed by atoms with Crippen LogP contribution in [0.5, 0.6) is 0 Å². The number of rotatable bonds is 8. The largest absolute Gasteiger partial charge is 0.385 e. The zero-order chi connectivity index (χ0) is 20.5. The second kappa shape index (κ2) is 13.1. The van der Waals surface area contributed by atoms with Gasteiger partial charge >= 0.3 is 0 Å². The smallest absolute Gasteiger partial charge is 0.193 e. The Hall–Kier alpha value is -0.570. The second-order valence-corrected chi connectivity index (χ2v) is 8.74. The maximum Gasteiger partial charge on any atom is 0.193 e. The SMILES string of the molecule is CN=C(NCC1(c2cccc(Cl)c2)CCCC1)N1CCC(OCCCOC)CC1.I. The minimum absolute atomic E-state index is 0. The maximum absolute atomic E-state index is 6.29. The number of piperidine rings is 1. The normalized spacial score (nSPS) is 19.6. The van der Waals surface area contributed by atoms with E-state index in [0.717, 1.165) is 63.1 Å². The lowest BCUT2D eigenvalue weighted by Gasteiger charge is -2.36. The molecule has 0 bridgehead atoms. The lowest BCUT2D eigenvalue weighted by Crippen LogP contribution is -2.50. The fourth-order valence-electron chi connectivity index (χ4n) is 4.71. The molecule has 2 aliphatic rings.